The smallest absolute Gasteiger partial charge is 0.180 e. The highest BCUT2D eigenvalue weighted by molar-refractivity contribution is 5.70. The van der Waals surface area contributed by atoms with Gasteiger partial charge in [0.1, 0.15) is 5.75 Å². The van der Waals surface area contributed by atoms with Crippen LogP contribution in [-0.4, -0.2) is 21.5 Å². The number of fused-ring (bicyclic) bond motifs is 1. The first kappa shape index (κ1) is 16.1. The van der Waals surface area contributed by atoms with Crippen molar-refractivity contribution in [3.63, 3.8) is 0 Å². The van der Waals surface area contributed by atoms with Crippen LogP contribution >= 0.6 is 0 Å². The van der Waals surface area contributed by atoms with E-state index in [1.165, 1.54) is 5.56 Å². The number of ether oxygens (including phenoxy) is 1. The number of imidazole rings is 1. The highest BCUT2D eigenvalue weighted by Gasteiger charge is 2.10. The van der Waals surface area contributed by atoms with Crippen LogP contribution in [0.1, 0.15) is 11.1 Å². The number of hydrogen-bond donors (Lipinski definition) is 1. The van der Waals surface area contributed by atoms with Gasteiger partial charge in [-0.2, -0.15) is 0 Å². The first-order valence-electron chi connectivity index (χ1n) is 8.50. The lowest BCUT2D eigenvalue weighted by Crippen LogP contribution is -2.04. The molecular weight excluding hydrogens is 324 g/mol. The van der Waals surface area contributed by atoms with E-state index in [0.717, 1.165) is 34.0 Å². The molecular formula is C21H20N4O. The van der Waals surface area contributed by atoms with Gasteiger partial charge in [-0.1, -0.05) is 35.9 Å². The van der Waals surface area contributed by atoms with E-state index in [9.17, 15) is 0 Å². The molecule has 0 spiro atoms. The number of nitrogens with one attached hydrogen (secondary N) is 1. The average Bonchev–Trinajstić information content (AvgIpc) is 3.11. The second-order valence-corrected chi connectivity index (χ2v) is 6.18. The summed E-state index contributed by atoms with van der Waals surface area (Å²) in [5.74, 6) is 1.62. The number of rotatable bonds is 5. The molecule has 0 aliphatic heterocycles. The van der Waals surface area contributed by atoms with Crippen molar-refractivity contribution in [2.45, 2.75) is 13.5 Å². The van der Waals surface area contributed by atoms with Crippen molar-refractivity contribution in [1.29, 1.82) is 0 Å². The van der Waals surface area contributed by atoms with Crippen LogP contribution in [-0.2, 0) is 6.54 Å². The summed E-state index contributed by atoms with van der Waals surface area (Å²) in [6.45, 7) is 2.76. The molecule has 2 aromatic carbocycles. The van der Waals surface area contributed by atoms with Crippen molar-refractivity contribution in [3.8, 4) is 17.0 Å². The Balaban J connectivity index is 1.62. The zero-order valence-electron chi connectivity index (χ0n) is 14.8. The van der Waals surface area contributed by atoms with E-state index in [2.05, 4.69) is 50.9 Å². The molecule has 2 aromatic heterocycles. The van der Waals surface area contributed by atoms with Gasteiger partial charge in [-0.05, 0) is 30.7 Å². The molecule has 0 radical (unpaired) electrons. The van der Waals surface area contributed by atoms with Crippen LogP contribution in [0.3, 0.4) is 0 Å². The number of benzene rings is 2. The van der Waals surface area contributed by atoms with Crippen molar-refractivity contribution in [2.75, 3.05) is 12.4 Å². The fraction of sp³-hybridized carbons (Fsp3) is 0.143. The third-order valence-electron chi connectivity index (χ3n) is 4.36. The van der Waals surface area contributed by atoms with E-state index in [1.807, 2.05) is 36.7 Å². The Morgan fingerprint density at radius 1 is 1.08 bits per heavy atom. The van der Waals surface area contributed by atoms with Crippen LogP contribution < -0.4 is 10.1 Å². The second kappa shape index (κ2) is 6.88. The van der Waals surface area contributed by atoms with E-state index < -0.39 is 0 Å². The molecule has 4 rings (SSSR count). The van der Waals surface area contributed by atoms with Crippen molar-refractivity contribution in [1.82, 2.24) is 14.4 Å². The van der Waals surface area contributed by atoms with E-state index in [0.29, 0.717) is 6.54 Å². The molecule has 0 aliphatic rings. The van der Waals surface area contributed by atoms with Crippen molar-refractivity contribution >= 4 is 11.5 Å². The minimum absolute atomic E-state index is 0.670. The molecule has 2 heterocycles. The van der Waals surface area contributed by atoms with Crippen LogP contribution in [0.5, 0.6) is 5.75 Å². The topological polar surface area (TPSA) is 51.5 Å². The molecule has 0 atom stereocenters. The summed E-state index contributed by atoms with van der Waals surface area (Å²) in [6.07, 6.45) is 5.63. The molecule has 0 amide bonds. The van der Waals surface area contributed by atoms with Gasteiger partial charge in [0.25, 0.3) is 0 Å². The van der Waals surface area contributed by atoms with Crippen molar-refractivity contribution < 1.29 is 4.74 Å². The molecule has 0 unspecified atom stereocenters. The third kappa shape index (κ3) is 3.11. The lowest BCUT2D eigenvalue weighted by Gasteiger charge is -2.09. The molecule has 26 heavy (non-hydrogen) atoms. The Bertz CT molecular complexity index is 1040. The summed E-state index contributed by atoms with van der Waals surface area (Å²) in [6, 6.07) is 16.4. The number of hydrogen-bond acceptors (Lipinski definition) is 4. The molecule has 0 saturated heterocycles. The van der Waals surface area contributed by atoms with Gasteiger partial charge in [-0.25, -0.2) is 9.97 Å². The quantitative estimate of drug-likeness (QED) is 0.586. The Hall–Kier alpha value is -3.34. The molecule has 5 heteroatoms. The Morgan fingerprint density at radius 2 is 1.92 bits per heavy atom. The minimum atomic E-state index is 0.670. The maximum absolute atomic E-state index is 5.20. The fourth-order valence-electron chi connectivity index (χ4n) is 2.99. The SMILES string of the molecule is COc1ccc(CNc2nccn3c(-c4cccc(C)c4)cnc23)cc1. The zero-order chi connectivity index (χ0) is 17.9. The van der Waals surface area contributed by atoms with E-state index in [-0.39, 0.29) is 0 Å². The molecule has 0 saturated carbocycles. The summed E-state index contributed by atoms with van der Waals surface area (Å²) in [4.78, 5) is 9.04. The van der Waals surface area contributed by atoms with Crippen LogP contribution in [0, 0.1) is 6.92 Å². The molecule has 4 aromatic rings. The van der Waals surface area contributed by atoms with E-state index in [1.54, 1.807) is 13.3 Å². The third-order valence-corrected chi connectivity index (χ3v) is 4.36. The lowest BCUT2D eigenvalue weighted by atomic mass is 10.1. The molecule has 0 fully saturated rings. The first-order chi connectivity index (χ1) is 12.7. The van der Waals surface area contributed by atoms with Crippen LogP contribution in [0.4, 0.5) is 5.82 Å². The summed E-state index contributed by atoms with van der Waals surface area (Å²) >= 11 is 0. The Morgan fingerprint density at radius 3 is 2.69 bits per heavy atom. The molecule has 0 aliphatic carbocycles. The lowest BCUT2D eigenvalue weighted by molar-refractivity contribution is 0.414. The first-order valence-corrected chi connectivity index (χ1v) is 8.50. The number of anilines is 1. The monoisotopic (exact) mass is 344 g/mol. The standard InChI is InChI=1S/C21H20N4O/c1-15-4-3-5-17(12-15)19-14-24-21-20(22-10-11-25(19)21)23-13-16-6-8-18(26-2)9-7-16/h3-12,14H,13H2,1-2H3,(H,22,23). The molecule has 0 bridgehead atoms. The van der Waals surface area contributed by atoms with E-state index in [4.69, 9.17) is 4.74 Å². The van der Waals surface area contributed by atoms with Gasteiger partial charge in [-0.3, -0.25) is 4.40 Å². The predicted octanol–water partition coefficient (Wildman–Crippen LogP) is 4.33. The molecule has 1 N–H and O–H groups in total. The van der Waals surface area contributed by atoms with Crippen LogP contribution in [0.25, 0.3) is 16.9 Å². The average molecular weight is 344 g/mol. The normalized spacial score (nSPS) is 10.8. The maximum Gasteiger partial charge on any atom is 0.180 e. The van der Waals surface area contributed by atoms with Crippen LogP contribution in [0.2, 0.25) is 0 Å². The van der Waals surface area contributed by atoms with Gasteiger partial charge >= 0.3 is 0 Å². The summed E-state index contributed by atoms with van der Waals surface area (Å²) in [5.41, 5.74) is 5.39. The Kier molecular flexibility index (Phi) is 4.27. The number of aryl methyl sites for hydroxylation is 1. The fourth-order valence-corrected chi connectivity index (χ4v) is 2.99. The summed E-state index contributed by atoms with van der Waals surface area (Å²) in [5, 5.41) is 3.38. The van der Waals surface area contributed by atoms with Gasteiger partial charge in [0, 0.05) is 24.5 Å². The second-order valence-electron chi connectivity index (χ2n) is 6.18. The maximum atomic E-state index is 5.20. The zero-order valence-corrected chi connectivity index (χ0v) is 14.8. The number of aromatic nitrogens is 3. The van der Waals surface area contributed by atoms with Gasteiger partial charge in [0.15, 0.2) is 11.5 Å². The van der Waals surface area contributed by atoms with E-state index >= 15 is 0 Å². The minimum Gasteiger partial charge on any atom is -0.497 e. The number of nitrogens with zero attached hydrogens (tertiary/aromatic N) is 3. The number of methoxy groups -OCH3 is 1. The van der Waals surface area contributed by atoms with Gasteiger partial charge in [0.2, 0.25) is 0 Å². The summed E-state index contributed by atoms with van der Waals surface area (Å²) < 4.78 is 7.26. The summed E-state index contributed by atoms with van der Waals surface area (Å²) in [7, 11) is 1.67. The van der Waals surface area contributed by atoms with Gasteiger partial charge in [-0.15, -0.1) is 0 Å². The van der Waals surface area contributed by atoms with Gasteiger partial charge < -0.3 is 10.1 Å². The molecule has 130 valence electrons. The highest BCUT2D eigenvalue weighted by Crippen LogP contribution is 2.24. The highest BCUT2D eigenvalue weighted by atomic mass is 16.5. The predicted molar refractivity (Wildman–Crippen MR) is 103 cm³/mol. The Labute approximate surface area is 152 Å². The van der Waals surface area contributed by atoms with Crippen molar-refractivity contribution in [2.24, 2.45) is 0 Å². The largest absolute Gasteiger partial charge is 0.497 e. The van der Waals surface area contributed by atoms with Crippen LogP contribution in [0.15, 0.2) is 67.1 Å². The van der Waals surface area contributed by atoms with Crippen molar-refractivity contribution in [3.05, 3.63) is 78.2 Å². The van der Waals surface area contributed by atoms with Gasteiger partial charge in [0.05, 0.1) is 19.0 Å². The molecule has 5 nitrogen and oxygen atoms in total.